The van der Waals surface area contributed by atoms with E-state index in [-0.39, 0.29) is 36.3 Å². The van der Waals surface area contributed by atoms with Crippen LogP contribution in [0.15, 0.2) is 18.2 Å². The molecule has 1 aliphatic heterocycles. The van der Waals surface area contributed by atoms with Crippen molar-refractivity contribution in [3.05, 3.63) is 35.4 Å². The minimum Gasteiger partial charge on any atom is -0.338 e. The maximum atomic E-state index is 13.7. The van der Waals surface area contributed by atoms with Crippen LogP contribution in [-0.2, 0) is 11.3 Å². The van der Waals surface area contributed by atoms with Crippen molar-refractivity contribution >= 4 is 18.3 Å². The van der Waals surface area contributed by atoms with E-state index in [0.717, 1.165) is 13.1 Å². The number of carbonyl (C=O) groups is 1. The van der Waals surface area contributed by atoms with Crippen molar-refractivity contribution in [1.82, 2.24) is 10.2 Å². The molecule has 6 heteroatoms. The summed E-state index contributed by atoms with van der Waals surface area (Å²) in [6.45, 7) is 5.79. The average molecular weight is 319 g/mol. The van der Waals surface area contributed by atoms with Gasteiger partial charge in [0.05, 0.1) is 6.54 Å². The summed E-state index contributed by atoms with van der Waals surface area (Å²) < 4.78 is 27.3. The van der Waals surface area contributed by atoms with Crippen LogP contribution >= 0.6 is 12.4 Å². The zero-order valence-electron chi connectivity index (χ0n) is 12.2. The summed E-state index contributed by atoms with van der Waals surface area (Å²) >= 11 is 0. The first kappa shape index (κ1) is 17.9. The molecule has 1 aromatic rings. The van der Waals surface area contributed by atoms with Crippen LogP contribution in [0.25, 0.3) is 0 Å². The Bertz CT molecular complexity index is 474. The van der Waals surface area contributed by atoms with E-state index in [9.17, 15) is 13.6 Å². The molecule has 0 radical (unpaired) electrons. The third kappa shape index (κ3) is 3.92. The lowest BCUT2D eigenvalue weighted by Gasteiger charge is -2.34. The van der Waals surface area contributed by atoms with Gasteiger partial charge in [-0.25, -0.2) is 8.78 Å². The monoisotopic (exact) mass is 318 g/mol. The van der Waals surface area contributed by atoms with Gasteiger partial charge in [0, 0.05) is 18.0 Å². The molecule has 0 bridgehead atoms. The summed E-state index contributed by atoms with van der Waals surface area (Å²) in [7, 11) is 0. The van der Waals surface area contributed by atoms with E-state index in [0.29, 0.717) is 12.5 Å². The lowest BCUT2D eigenvalue weighted by molar-refractivity contribution is -0.137. The van der Waals surface area contributed by atoms with Crippen LogP contribution < -0.4 is 5.32 Å². The Morgan fingerprint density at radius 2 is 1.95 bits per heavy atom. The fraction of sp³-hybridized carbons (Fsp3) is 0.533. The Kier molecular flexibility index (Phi) is 6.55. The molecule has 1 aromatic carbocycles. The molecule has 118 valence electrons. The van der Waals surface area contributed by atoms with E-state index < -0.39 is 11.6 Å². The van der Waals surface area contributed by atoms with Crippen LogP contribution in [-0.4, -0.2) is 30.4 Å². The molecule has 3 nitrogen and oxygen atoms in total. The molecule has 21 heavy (non-hydrogen) atoms. The summed E-state index contributed by atoms with van der Waals surface area (Å²) in [4.78, 5) is 13.9. The smallest absolute Gasteiger partial charge is 0.226 e. The van der Waals surface area contributed by atoms with Gasteiger partial charge < -0.3 is 10.2 Å². The van der Waals surface area contributed by atoms with E-state index in [4.69, 9.17) is 0 Å². The first-order chi connectivity index (χ1) is 9.54. The zero-order chi connectivity index (χ0) is 14.7. The molecule has 0 saturated carbocycles. The van der Waals surface area contributed by atoms with E-state index >= 15 is 0 Å². The van der Waals surface area contributed by atoms with Gasteiger partial charge in [-0.05, 0) is 38.1 Å². The van der Waals surface area contributed by atoms with Crippen LogP contribution in [0.2, 0.25) is 0 Å². The van der Waals surface area contributed by atoms with Crippen molar-refractivity contribution in [2.24, 2.45) is 11.8 Å². The van der Waals surface area contributed by atoms with Gasteiger partial charge in [-0.1, -0.05) is 13.0 Å². The predicted octanol–water partition coefficient (Wildman–Crippen LogP) is 2.59. The van der Waals surface area contributed by atoms with Crippen molar-refractivity contribution in [2.45, 2.75) is 20.4 Å². The van der Waals surface area contributed by atoms with Crippen LogP contribution in [0, 0.1) is 23.5 Å². The van der Waals surface area contributed by atoms with Crippen molar-refractivity contribution in [3.63, 3.8) is 0 Å². The second-order valence-electron chi connectivity index (χ2n) is 5.26. The highest BCUT2D eigenvalue weighted by atomic mass is 35.5. The van der Waals surface area contributed by atoms with Gasteiger partial charge in [0.1, 0.15) is 11.6 Å². The molecule has 1 fully saturated rings. The Morgan fingerprint density at radius 3 is 2.38 bits per heavy atom. The molecule has 1 N–H and O–H groups in total. The summed E-state index contributed by atoms with van der Waals surface area (Å²) in [6.07, 6.45) is 0. The van der Waals surface area contributed by atoms with Crippen molar-refractivity contribution in [3.8, 4) is 0 Å². The maximum Gasteiger partial charge on any atom is 0.226 e. The third-order valence-electron chi connectivity index (χ3n) is 4.01. The number of hydrogen-bond acceptors (Lipinski definition) is 2. The summed E-state index contributed by atoms with van der Waals surface area (Å²) in [5.41, 5.74) is -0.0402. The fourth-order valence-corrected chi connectivity index (χ4v) is 2.37. The molecule has 1 unspecified atom stereocenters. The molecular formula is C15H21ClF2N2O. The van der Waals surface area contributed by atoms with Crippen LogP contribution in [0.1, 0.15) is 19.4 Å². The van der Waals surface area contributed by atoms with E-state index in [1.165, 1.54) is 23.1 Å². The number of nitrogens with one attached hydrogen (secondary N) is 1. The topological polar surface area (TPSA) is 32.3 Å². The predicted molar refractivity (Wildman–Crippen MR) is 80.2 cm³/mol. The number of rotatable bonds is 5. The van der Waals surface area contributed by atoms with Gasteiger partial charge in [-0.3, -0.25) is 4.79 Å². The highest BCUT2D eigenvalue weighted by Gasteiger charge is 2.31. The number of nitrogens with zero attached hydrogens (tertiary/aromatic N) is 1. The Balaban J connectivity index is 0.00000220. The molecule has 1 saturated heterocycles. The number of carbonyl (C=O) groups excluding carboxylic acids is 1. The number of hydrogen-bond donors (Lipinski definition) is 1. The standard InChI is InChI=1S/C15H20F2N2O.ClH/c1-3-19(15(20)10(2)11-7-18-8-11)9-12-13(16)5-4-6-14(12)17;/h4-6,10-11,18H,3,7-9H2,1-2H3;1H. The maximum absolute atomic E-state index is 13.7. The third-order valence-corrected chi connectivity index (χ3v) is 4.01. The van der Waals surface area contributed by atoms with Crippen molar-refractivity contribution < 1.29 is 13.6 Å². The molecule has 1 atom stereocenters. The van der Waals surface area contributed by atoms with Crippen LogP contribution in [0.4, 0.5) is 8.78 Å². The lowest BCUT2D eigenvalue weighted by atomic mass is 9.88. The van der Waals surface area contributed by atoms with Gasteiger partial charge in [0.25, 0.3) is 0 Å². The zero-order valence-corrected chi connectivity index (χ0v) is 13.1. The minimum absolute atomic E-state index is 0. The van der Waals surface area contributed by atoms with Gasteiger partial charge in [-0.2, -0.15) is 0 Å². The van der Waals surface area contributed by atoms with Gasteiger partial charge >= 0.3 is 0 Å². The number of halogens is 3. The molecule has 0 aliphatic carbocycles. The SMILES string of the molecule is CCN(Cc1c(F)cccc1F)C(=O)C(C)C1CNC1.Cl. The number of benzene rings is 1. The van der Waals surface area contributed by atoms with E-state index in [2.05, 4.69) is 5.32 Å². The molecule has 1 aliphatic rings. The van der Waals surface area contributed by atoms with Crippen molar-refractivity contribution in [2.75, 3.05) is 19.6 Å². The molecular weight excluding hydrogens is 298 g/mol. The molecule has 1 amide bonds. The quantitative estimate of drug-likeness (QED) is 0.905. The second kappa shape index (κ2) is 7.71. The fourth-order valence-electron chi connectivity index (χ4n) is 2.37. The molecule has 0 spiro atoms. The van der Waals surface area contributed by atoms with Crippen molar-refractivity contribution in [1.29, 1.82) is 0 Å². The molecule has 2 rings (SSSR count). The summed E-state index contributed by atoms with van der Waals surface area (Å²) in [5.74, 6) is -1.04. The largest absolute Gasteiger partial charge is 0.338 e. The molecule has 0 aromatic heterocycles. The highest BCUT2D eigenvalue weighted by molar-refractivity contribution is 5.85. The summed E-state index contributed by atoms with van der Waals surface area (Å²) in [6, 6.07) is 3.76. The normalized spacial score (nSPS) is 15.8. The minimum atomic E-state index is -0.603. The Hall–Kier alpha value is -1.20. The lowest BCUT2D eigenvalue weighted by Crippen LogP contribution is -2.50. The highest BCUT2D eigenvalue weighted by Crippen LogP contribution is 2.21. The summed E-state index contributed by atoms with van der Waals surface area (Å²) in [5, 5.41) is 3.13. The molecule has 1 heterocycles. The van der Waals surface area contributed by atoms with E-state index in [1.54, 1.807) is 0 Å². The van der Waals surface area contributed by atoms with Crippen LogP contribution in [0.5, 0.6) is 0 Å². The van der Waals surface area contributed by atoms with Crippen LogP contribution in [0.3, 0.4) is 0 Å². The van der Waals surface area contributed by atoms with E-state index in [1.807, 2.05) is 13.8 Å². The number of amides is 1. The Morgan fingerprint density at radius 1 is 1.38 bits per heavy atom. The Labute approximate surface area is 130 Å². The van der Waals surface area contributed by atoms with Gasteiger partial charge in [0.2, 0.25) is 5.91 Å². The average Bonchev–Trinajstić information content (AvgIpc) is 2.36. The first-order valence-corrected chi connectivity index (χ1v) is 6.97. The van der Waals surface area contributed by atoms with Gasteiger partial charge in [-0.15, -0.1) is 12.4 Å². The second-order valence-corrected chi connectivity index (χ2v) is 5.26. The first-order valence-electron chi connectivity index (χ1n) is 6.97. The van der Waals surface area contributed by atoms with Gasteiger partial charge in [0.15, 0.2) is 0 Å².